The van der Waals surface area contributed by atoms with Crippen LogP contribution in [0.3, 0.4) is 0 Å². The third-order valence-corrected chi connectivity index (χ3v) is 7.63. The molecule has 4 rings (SSSR count). The Bertz CT molecular complexity index is 1050. The summed E-state index contributed by atoms with van der Waals surface area (Å²) in [4.78, 5) is 15.8. The SMILES string of the molecule is O=C1N(Cc2ccc(F)cc2)CCN1C1CCN(S(=O)(=O)c2cc(F)cc(F)c2)CC1. The summed E-state index contributed by atoms with van der Waals surface area (Å²) in [6.07, 6.45) is 0.875. The first kappa shape index (κ1) is 21.6. The number of rotatable bonds is 5. The number of carbonyl (C=O) groups is 1. The van der Waals surface area contributed by atoms with Crippen LogP contribution in [-0.4, -0.2) is 60.8 Å². The monoisotopic (exact) mass is 453 g/mol. The zero-order valence-corrected chi connectivity index (χ0v) is 17.5. The lowest BCUT2D eigenvalue weighted by molar-refractivity contribution is 0.153. The fraction of sp³-hybridized carbons (Fsp3) is 0.381. The Balaban J connectivity index is 1.37. The van der Waals surface area contributed by atoms with Crippen LogP contribution in [0.5, 0.6) is 0 Å². The van der Waals surface area contributed by atoms with Crippen LogP contribution >= 0.6 is 0 Å². The van der Waals surface area contributed by atoms with Gasteiger partial charge in [-0.05, 0) is 42.7 Å². The average Bonchev–Trinajstić information content (AvgIpc) is 3.09. The van der Waals surface area contributed by atoms with Gasteiger partial charge in [0.1, 0.15) is 17.5 Å². The maximum Gasteiger partial charge on any atom is 0.320 e. The van der Waals surface area contributed by atoms with Crippen molar-refractivity contribution in [3.63, 3.8) is 0 Å². The molecule has 2 saturated heterocycles. The minimum atomic E-state index is -4.01. The van der Waals surface area contributed by atoms with E-state index in [2.05, 4.69) is 0 Å². The van der Waals surface area contributed by atoms with E-state index in [1.165, 1.54) is 16.4 Å². The second kappa shape index (κ2) is 8.51. The smallest absolute Gasteiger partial charge is 0.320 e. The molecule has 0 atom stereocenters. The largest absolute Gasteiger partial charge is 0.320 e. The predicted octanol–water partition coefficient (Wildman–Crippen LogP) is 3.19. The number of carbonyl (C=O) groups excluding carboxylic acids is 1. The summed E-state index contributed by atoms with van der Waals surface area (Å²) in [6, 6.07) is 8.00. The summed E-state index contributed by atoms with van der Waals surface area (Å²) in [6.45, 7) is 1.78. The molecule has 0 unspecified atom stereocenters. The molecule has 2 heterocycles. The van der Waals surface area contributed by atoms with Gasteiger partial charge in [-0.15, -0.1) is 0 Å². The second-order valence-electron chi connectivity index (χ2n) is 7.76. The highest BCUT2D eigenvalue weighted by atomic mass is 32.2. The van der Waals surface area contributed by atoms with Crippen molar-refractivity contribution in [2.24, 2.45) is 0 Å². The molecule has 166 valence electrons. The predicted molar refractivity (Wildman–Crippen MR) is 107 cm³/mol. The van der Waals surface area contributed by atoms with Crippen LogP contribution in [0.4, 0.5) is 18.0 Å². The highest BCUT2D eigenvalue weighted by Crippen LogP contribution is 2.27. The van der Waals surface area contributed by atoms with Crippen molar-refractivity contribution >= 4 is 16.1 Å². The fourth-order valence-corrected chi connectivity index (χ4v) is 5.63. The molecule has 0 bridgehead atoms. The van der Waals surface area contributed by atoms with E-state index >= 15 is 0 Å². The Labute approximate surface area is 178 Å². The van der Waals surface area contributed by atoms with Gasteiger partial charge in [0, 0.05) is 44.8 Å². The van der Waals surface area contributed by atoms with Gasteiger partial charge < -0.3 is 9.80 Å². The topological polar surface area (TPSA) is 60.9 Å². The lowest BCUT2D eigenvalue weighted by Gasteiger charge is -2.35. The van der Waals surface area contributed by atoms with Crippen LogP contribution in [0.2, 0.25) is 0 Å². The van der Waals surface area contributed by atoms with Crippen molar-refractivity contribution in [3.8, 4) is 0 Å². The van der Waals surface area contributed by atoms with Crippen molar-refractivity contribution in [1.82, 2.24) is 14.1 Å². The normalized spacial score (nSPS) is 18.7. The third kappa shape index (κ3) is 4.54. The molecular formula is C21H22F3N3O3S. The van der Waals surface area contributed by atoms with E-state index < -0.39 is 26.6 Å². The molecule has 2 aliphatic heterocycles. The van der Waals surface area contributed by atoms with Gasteiger partial charge in [-0.1, -0.05) is 12.1 Å². The van der Waals surface area contributed by atoms with Gasteiger partial charge in [-0.2, -0.15) is 4.31 Å². The summed E-state index contributed by atoms with van der Waals surface area (Å²) in [7, 11) is -4.01. The Morgan fingerprint density at radius 2 is 1.45 bits per heavy atom. The minimum absolute atomic E-state index is 0.110. The molecule has 2 fully saturated rings. The van der Waals surface area contributed by atoms with E-state index in [4.69, 9.17) is 0 Å². The summed E-state index contributed by atoms with van der Waals surface area (Å²) in [5.74, 6) is -2.23. The van der Waals surface area contributed by atoms with E-state index in [1.807, 2.05) is 0 Å². The maximum absolute atomic E-state index is 13.5. The van der Waals surface area contributed by atoms with Crippen molar-refractivity contribution < 1.29 is 26.4 Å². The molecule has 10 heteroatoms. The Hall–Kier alpha value is -2.59. The molecule has 0 N–H and O–H groups in total. The maximum atomic E-state index is 13.5. The molecule has 2 amide bonds. The van der Waals surface area contributed by atoms with E-state index in [0.717, 1.165) is 17.7 Å². The zero-order valence-electron chi connectivity index (χ0n) is 16.7. The zero-order chi connectivity index (χ0) is 22.2. The number of urea groups is 1. The molecule has 2 aliphatic rings. The molecule has 2 aromatic carbocycles. The first-order chi connectivity index (χ1) is 14.7. The summed E-state index contributed by atoms with van der Waals surface area (Å²) >= 11 is 0. The molecular weight excluding hydrogens is 431 g/mol. The third-order valence-electron chi connectivity index (χ3n) is 5.75. The number of nitrogens with zero attached hydrogens (tertiary/aromatic N) is 3. The van der Waals surface area contributed by atoms with Gasteiger partial charge in [-0.3, -0.25) is 0 Å². The molecule has 0 radical (unpaired) electrons. The molecule has 0 saturated carbocycles. The number of sulfonamides is 1. The van der Waals surface area contributed by atoms with Crippen LogP contribution in [-0.2, 0) is 16.6 Å². The molecule has 0 aromatic heterocycles. The molecule has 6 nitrogen and oxygen atoms in total. The first-order valence-corrected chi connectivity index (χ1v) is 11.4. The highest BCUT2D eigenvalue weighted by Gasteiger charge is 2.37. The fourth-order valence-electron chi connectivity index (χ4n) is 4.12. The van der Waals surface area contributed by atoms with Crippen molar-refractivity contribution in [2.75, 3.05) is 26.2 Å². The Morgan fingerprint density at radius 3 is 2.06 bits per heavy atom. The van der Waals surface area contributed by atoms with E-state index in [1.54, 1.807) is 21.9 Å². The van der Waals surface area contributed by atoms with Crippen molar-refractivity contribution in [1.29, 1.82) is 0 Å². The number of benzene rings is 2. The summed E-state index contributed by atoms with van der Waals surface area (Å²) in [5, 5.41) is 0. The van der Waals surface area contributed by atoms with Gasteiger partial charge in [0.15, 0.2) is 0 Å². The number of halogens is 3. The lowest BCUT2D eigenvalue weighted by Crippen LogP contribution is -2.48. The van der Waals surface area contributed by atoms with E-state index in [0.29, 0.717) is 38.5 Å². The molecule has 0 spiro atoms. The standard InChI is InChI=1S/C21H22F3N3O3S/c22-16-3-1-15(2-4-16)14-25-9-10-27(21(25)28)19-5-7-26(8-6-19)31(29,30)20-12-17(23)11-18(24)13-20/h1-4,11-13,19H,5-10,14H2. The molecule has 0 aliphatic carbocycles. The van der Waals surface area contributed by atoms with Crippen molar-refractivity contribution in [3.05, 3.63) is 65.5 Å². The molecule has 2 aromatic rings. The van der Waals surface area contributed by atoms with Crippen LogP contribution in [0.25, 0.3) is 0 Å². The quantitative estimate of drug-likeness (QED) is 0.699. The van der Waals surface area contributed by atoms with Crippen LogP contribution in [0.1, 0.15) is 18.4 Å². The van der Waals surface area contributed by atoms with E-state index in [9.17, 15) is 26.4 Å². The van der Waals surface area contributed by atoms with Gasteiger partial charge in [0.2, 0.25) is 10.0 Å². The van der Waals surface area contributed by atoms with Crippen LogP contribution < -0.4 is 0 Å². The van der Waals surface area contributed by atoms with Gasteiger partial charge in [0.25, 0.3) is 0 Å². The number of hydrogen-bond acceptors (Lipinski definition) is 3. The minimum Gasteiger partial charge on any atom is -0.320 e. The van der Waals surface area contributed by atoms with Crippen LogP contribution in [0.15, 0.2) is 47.4 Å². The van der Waals surface area contributed by atoms with Gasteiger partial charge in [0.05, 0.1) is 4.90 Å². The van der Waals surface area contributed by atoms with Crippen LogP contribution in [0, 0.1) is 17.5 Å². The molecule has 31 heavy (non-hydrogen) atoms. The lowest BCUT2D eigenvalue weighted by atomic mass is 10.1. The Kier molecular flexibility index (Phi) is 5.94. The van der Waals surface area contributed by atoms with E-state index in [-0.39, 0.29) is 31.0 Å². The first-order valence-electron chi connectivity index (χ1n) is 10.0. The number of hydrogen-bond donors (Lipinski definition) is 0. The van der Waals surface area contributed by atoms with Gasteiger partial charge in [-0.25, -0.2) is 26.4 Å². The van der Waals surface area contributed by atoms with Gasteiger partial charge >= 0.3 is 6.03 Å². The Morgan fingerprint density at radius 1 is 0.839 bits per heavy atom. The second-order valence-corrected chi connectivity index (χ2v) is 9.70. The summed E-state index contributed by atoms with van der Waals surface area (Å²) < 4.78 is 66.7. The van der Waals surface area contributed by atoms with Crippen molar-refractivity contribution in [2.45, 2.75) is 30.3 Å². The average molecular weight is 453 g/mol. The highest BCUT2D eigenvalue weighted by molar-refractivity contribution is 7.89. The number of piperidine rings is 1. The number of amides is 2. The summed E-state index contributed by atoms with van der Waals surface area (Å²) in [5.41, 5.74) is 0.833.